The highest BCUT2D eigenvalue weighted by Gasteiger charge is 2.84. The summed E-state index contributed by atoms with van der Waals surface area (Å²) in [7, 11) is 0. The zero-order chi connectivity index (χ0) is 51.0. The van der Waals surface area contributed by atoms with Gasteiger partial charge in [0, 0.05) is 41.5 Å². The van der Waals surface area contributed by atoms with Crippen LogP contribution in [0.15, 0.2) is 70.9 Å². The number of nitrogens with zero attached hydrogens (tertiary/aromatic N) is 2. The van der Waals surface area contributed by atoms with Gasteiger partial charge in [0.1, 0.15) is 47.3 Å². The topological polar surface area (TPSA) is 201 Å². The van der Waals surface area contributed by atoms with Crippen LogP contribution in [-0.2, 0) is 35.0 Å². The third-order valence-corrected chi connectivity index (χ3v) is 16.2. The van der Waals surface area contributed by atoms with Crippen molar-refractivity contribution in [3.8, 4) is 17.2 Å². The van der Waals surface area contributed by atoms with Crippen molar-refractivity contribution in [2.75, 3.05) is 25.1 Å². The molecule has 9 aliphatic rings. The number of Topliss-reactive ketones (excluding diaryl/α,β-unsaturated/α-hetero) is 1. The van der Waals surface area contributed by atoms with Crippen LogP contribution in [0.1, 0.15) is 118 Å². The molecule has 5 N–H and O–H groups in total. The average Bonchev–Trinajstić information content (AvgIpc) is 3.76. The first-order chi connectivity index (χ1) is 34.1. The van der Waals surface area contributed by atoms with Crippen molar-refractivity contribution in [2.24, 2.45) is 11.8 Å². The van der Waals surface area contributed by atoms with Gasteiger partial charge in [0.05, 0.1) is 52.7 Å². The number of imidazole rings is 1. The second-order valence-corrected chi connectivity index (χ2v) is 22.6. The molecule has 2 aromatic carbocycles. The molecule has 1 spiro atoms. The smallest absolute Gasteiger partial charge is 0.246 e. The molecular formula is C56H68N4O12. The number of ether oxygens (including phenoxy) is 7. The summed E-state index contributed by atoms with van der Waals surface area (Å²) in [5.74, 6) is -0.783. The third kappa shape index (κ3) is 7.29. The monoisotopic (exact) mass is 988 g/mol. The molecule has 16 nitrogen and oxygen atoms in total. The molecule has 6 aliphatic heterocycles. The van der Waals surface area contributed by atoms with Crippen molar-refractivity contribution in [1.29, 1.82) is 0 Å². The molecule has 16 heteroatoms. The summed E-state index contributed by atoms with van der Waals surface area (Å²) in [6, 6.07) is 7.28. The van der Waals surface area contributed by atoms with E-state index in [4.69, 9.17) is 38.1 Å². The first kappa shape index (κ1) is 48.9. The number of fused-ring (bicyclic) bond motifs is 7. The Morgan fingerprint density at radius 2 is 1.76 bits per heavy atom. The van der Waals surface area contributed by atoms with E-state index in [0.29, 0.717) is 64.7 Å². The van der Waals surface area contributed by atoms with Gasteiger partial charge in [-0.05, 0) is 119 Å². The van der Waals surface area contributed by atoms with Crippen LogP contribution in [0.3, 0.4) is 0 Å². The molecule has 7 heterocycles. The molecule has 6 fully saturated rings. The van der Waals surface area contributed by atoms with E-state index in [0.717, 1.165) is 28.6 Å². The minimum Gasteiger partial charge on any atom is -0.482 e. The number of ketones is 1. The van der Waals surface area contributed by atoms with E-state index in [2.05, 4.69) is 48.1 Å². The van der Waals surface area contributed by atoms with Crippen LogP contribution in [0.5, 0.6) is 17.2 Å². The predicted molar refractivity (Wildman–Crippen MR) is 268 cm³/mol. The molecular weight excluding hydrogens is 921 g/mol. The Labute approximate surface area is 420 Å². The SMILES string of the molecule is CC(C)=CCCC1(C)C=Cc2c(c(CC=C(C)C)c3c(c2O[C@@H]2O[C@@H]4COC(C)(C)O[C@H]4[C@H](O)[C@H]2O)C2=C4C(C5CC6C(C)(C)OC(C/C=C(/C)C(=O)NCCO)(C5=O)C46O3)n3c(nc4ccccc43)N2)O1. The molecule has 3 aromatic rings. The number of benzene rings is 2. The number of amides is 1. The molecule has 12 rings (SSSR count). The number of rotatable bonds is 12. The number of hydrogen-bond donors (Lipinski definition) is 5. The van der Waals surface area contributed by atoms with Gasteiger partial charge in [-0.2, -0.15) is 0 Å². The molecule has 6 unspecified atom stereocenters. The number of aliphatic hydroxyl groups excluding tert-OH is 3. The number of carbonyl (C=O) groups excluding carboxylic acids is 2. The van der Waals surface area contributed by atoms with Gasteiger partial charge >= 0.3 is 0 Å². The third-order valence-electron chi connectivity index (χ3n) is 16.2. The van der Waals surface area contributed by atoms with E-state index in [9.17, 15) is 20.1 Å². The summed E-state index contributed by atoms with van der Waals surface area (Å²) in [4.78, 5) is 34.6. The Morgan fingerprint density at radius 3 is 2.51 bits per heavy atom. The maximum absolute atomic E-state index is 16.1. The normalized spacial score (nSPS) is 33.8. The number of allylic oxidation sites excluding steroid dienone is 4. The zero-order valence-corrected chi connectivity index (χ0v) is 42.9. The van der Waals surface area contributed by atoms with Gasteiger partial charge in [-0.25, -0.2) is 4.98 Å². The number of nitrogens with one attached hydrogen (secondary N) is 2. The van der Waals surface area contributed by atoms with Crippen molar-refractivity contribution >= 4 is 40.4 Å². The molecule has 1 amide bonds. The van der Waals surface area contributed by atoms with Gasteiger partial charge in [0.25, 0.3) is 0 Å². The van der Waals surface area contributed by atoms with Gasteiger partial charge in [0.2, 0.25) is 18.1 Å². The van der Waals surface area contributed by atoms with Crippen molar-refractivity contribution in [3.63, 3.8) is 0 Å². The predicted octanol–water partition coefficient (Wildman–Crippen LogP) is 7.15. The number of carbonyl (C=O) groups is 2. The van der Waals surface area contributed by atoms with Crippen molar-refractivity contribution in [1.82, 2.24) is 14.9 Å². The van der Waals surface area contributed by atoms with Crippen LogP contribution >= 0.6 is 0 Å². The van der Waals surface area contributed by atoms with Gasteiger partial charge in [-0.1, -0.05) is 41.5 Å². The molecule has 11 atom stereocenters. The average molecular weight is 989 g/mol. The number of anilines is 1. The number of hydrogen-bond acceptors (Lipinski definition) is 14. The Morgan fingerprint density at radius 1 is 1.00 bits per heavy atom. The fourth-order valence-electron chi connectivity index (χ4n) is 12.9. The lowest BCUT2D eigenvalue weighted by Gasteiger charge is -2.62. The zero-order valence-electron chi connectivity index (χ0n) is 42.9. The molecule has 3 aliphatic carbocycles. The van der Waals surface area contributed by atoms with Crippen LogP contribution in [-0.4, -0.2) is 115 Å². The Bertz CT molecular complexity index is 2940. The minimum absolute atomic E-state index is 0.0137. The van der Waals surface area contributed by atoms with Gasteiger partial charge < -0.3 is 63.7 Å². The Kier molecular flexibility index (Phi) is 11.6. The van der Waals surface area contributed by atoms with E-state index < -0.39 is 70.9 Å². The van der Waals surface area contributed by atoms with Crippen LogP contribution in [0.2, 0.25) is 0 Å². The number of para-hydroxylation sites is 2. The van der Waals surface area contributed by atoms with Crippen molar-refractivity contribution in [2.45, 2.75) is 166 Å². The lowest BCUT2D eigenvalue weighted by molar-refractivity contribution is -0.373. The molecule has 4 bridgehead atoms. The summed E-state index contributed by atoms with van der Waals surface area (Å²) in [5, 5.41) is 39.9. The van der Waals surface area contributed by atoms with Gasteiger partial charge in [-0.3, -0.25) is 9.59 Å². The number of aromatic nitrogens is 2. The van der Waals surface area contributed by atoms with E-state index >= 15 is 4.79 Å². The summed E-state index contributed by atoms with van der Waals surface area (Å²) in [6.45, 7) is 19.5. The summed E-state index contributed by atoms with van der Waals surface area (Å²) in [5.41, 5.74) is 2.64. The van der Waals surface area contributed by atoms with E-state index in [1.165, 1.54) is 5.57 Å². The van der Waals surface area contributed by atoms with Crippen LogP contribution in [0.25, 0.3) is 22.8 Å². The molecule has 0 radical (unpaired) electrons. The number of aliphatic hydroxyl groups is 3. The Hall–Kier alpha value is -5.33. The van der Waals surface area contributed by atoms with Crippen molar-refractivity contribution < 1.29 is 58.1 Å². The van der Waals surface area contributed by atoms with Gasteiger partial charge in [0.15, 0.2) is 22.8 Å². The van der Waals surface area contributed by atoms with Gasteiger partial charge in [-0.15, -0.1) is 0 Å². The summed E-state index contributed by atoms with van der Waals surface area (Å²) in [6.07, 6.45) is 6.30. The standard InChI is InChI=1S/C56H68N4O12/c1-28(2)14-13-21-54(10)22-20-32-44(70-54)31(18-17-29(3)4)46-38(45(32)68-50-43(63)42(62)47-36(67-50)27-66-53(8,9)69-47)40-39-41(60-35-16-12-11-15-34(35)58-51(60)59-40)33-26-37-52(6,7)72-55(48(33)64,56(37,39)71-46)23-19-30(5)49(65)57-24-25-61/h11-12,14-17,19-20,22,33,36-37,41-43,47,50,61-63H,13,18,21,23-27H2,1-10H3,(H,57,65)(H,58,59)/b30-19-/t33?,36-,37?,41?,42-,43-,47-,50+,54?,55?,56?/m1/s1. The highest BCUT2D eigenvalue weighted by molar-refractivity contribution is 6.04. The largest absolute Gasteiger partial charge is 0.482 e. The molecule has 72 heavy (non-hydrogen) atoms. The highest BCUT2D eigenvalue weighted by Crippen LogP contribution is 2.74. The van der Waals surface area contributed by atoms with Crippen LogP contribution in [0.4, 0.5) is 5.95 Å². The molecule has 384 valence electrons. The van der Waals surface area contributed by atoms with E-state index in [1.54, 1.807) is 26.8 Å². The Balaban J connectivity index is 1.19. The van der Waals surface area contributed by atoms with Crippen LogP contribution in [0, 0.1) is 11.8 Å². The first-order valence-corrected chi connectivity index (χ1v) is 25.5. The van der Waals surface area contributed by atoms with E-state index in [-0.39, 0.29) is 49.5 Å². The second kappa shape index (κ2) is 17.1. The van der Waals surface area contributed by atoms with E-state index in [1.807, 2.05) is 64.1 Å². The fourth-order valence-corrected chi connectivity index (χ4v) is 12.9. The lowest BCUT2D eigenvalue weighted by atomic mass is 9.47. The molecule has 3 saturated heterocycles. The minimum atomic E-state index is -1.63. The maximum atomic E-state index is 16.1. The highest BCUT2D eigenvalue weighted by atomic mass is 16.8. The molecule has 1 aromatic heterocycles. The fraction of sp³-hybridized carbons (Fsp3) is 0.554. The quantitative estimate of drug-likeness (QED) is 0.0905. The van der Waals surface area contributed by atoms with Crippen LogP contribution < -0.4 is 24.8 Å². The summed E-state index contributed by atoms with van der Waals surface area (Å²) < 4.78 is 50.6. The molecule has 3 saturated carbocycles. The maximum Gasteiger partial charge on any atom is 0.246 e. The van der Waals surface area contributed by atoms with Crippen molar-refractivity contribution in [3.05, 3.63) is 87.6 Å². The lowest BCUT2D eigenvalue weighted by Crippen LogP contribution is -2.75. The second-order valence-electron chi connectivity index (χ2n) is 22.6. The summed E-state index contributed by atoms with van der Waals surface area (Å²) >= 11 is 0. The first-order valence-electron chi connectivity index (χ1n) is 25.5.